The maximum atomic E-state index is 12.5. The van der Waals surface area contributed by atoms with Gasteiger partial charge in [-0.05, 0) is 57.1 Å². The molecule has 1 heterocycles. The summed E-state index contributed by atoms with van der Waals surface area (Å²) in [6, 6.07) is 5.69. The Labute approximate surface area is 155 Å². The van der Waals surface area contributed by atoms with Gasteiger partial charge in [-0.15, -0.1) is 12.4 Å². The van der Waals surface area contributed by atoms with Crippen LogP contribution in [0.3, 0.4) is 0 Å². The highest BCUT2D eigenvalue weighted by Crippen LogP contribution is 2.27. The quantitative estimate of drug-likeness (QED) is 0.768. The highest BCUT2D eigenvalue weighted by molar-refractivity contribution is 6.31. The third kappa shape index (κ3) is 6.13. The fourth-order valence-electron chi connectivity index (χ4n) is 3.00. The van der Waals surface area contributed by atoms with E-state index in [9.17, 15) is 4.79 Å². The van der Waals surface area contributed by atoms with Gasteiger partial charge in [-0.2, -0.15) is 0 Å². The zero-order valence-corrected chi connectivity index (χ0v) is 15.9. The van der Waals surface area contributed by atoms with Crippen LogP contribution in [0.15, 0.2) is 18.2 Å². The van der Waals surface area contributed by atoms with Gasteiger partial charge in [0.2, 0.25) is 5.91 Å². The number of halogens is 2. The van der Waals surface area contributed by atoms with Gasteiger partial charge in [0, 0.05) is 11.1 Å². The van der Waals surface area contributed by atoms with E-state index < -0.39 is 0 Å². The maximum absolute atomic E-state index is 12.5. The summed E-state index contributed by atoms with van der Waals surface area (Å²) in [5.74, 6) is 0.587. The molecule has 1 amide bonds. The van der Waals surface area contributed by atoms with Crippen molar-refractivity contribution in [2.24, 2.45) is 0 Å². The Hall–Kier alpha value is -1.01. The van der Waals surface area contributed by atoms with E-state index in [0.29, 0.717) is 29.0 Å². The predicted molar refractivity (Wildman–Crippen MR) is 102 cm³/mol. The normalized spacial score (nSPS) is 15.0. The number of carbonyl (C=O) groups is 1. The molecule has 0 saturated carbocycles. The van der Waals surface area contributed by atoms with Crippen molar-refractivity contribution in [3.8, 4) is 5.75 Å². The monoisotopic (exact) mass is 375 g/mol. The Morgan fingerprint density at radius 2 is 2.12 bits per heavy atom. The van der Waals surface area contributed by atoms with E-state index in [0.717, 1.165) is 38.9 Å². The van der Waals surface area contributed by atoms with Crippen LogP contribution >= 0.6 is 24.0 Å². The Morgan fingerprint density at radius 1 is 1.42 bits per heavy atom. The molecule has 0 radical (unpaired) electrons. The Kier molecular flexibility index (Phi) is 9.44. The van der Waals surface area contributed by atoms with Crippen LogP contribution in [0.4, 0.5) is 5.69 Å². The highest BCUT2D eigenvalue weighted by atomic mass is 35.5. The standard InChI is InChI=1S/C17H26ClN3O2.ClH/c1-3-10-21(14-6-8-19-9-7-14)12-17(22)20-15-11-13(18)4-5-16(15)23-2;/h4-5,11,14,19H,3,6-10,12H2,1-2H3,(H,20,22);1H. The van der Waals surface area contributed by atoms with Crippen LogP contribution in [0.5, 0.6) is 5.75 Å². The molecular weight excluding hydrogens is 349 g/mol. The number of hydrogen-bond acceptors (Lipinski definition) is 4. The highest BCUT2D eigenvalue weighted by Gasteiger charge is 2.22. The number of hydrogen-bond donors (Lipinski definition) is 2. The molecule has 0 atom stereocenters. The van der Waals surface area contributed by atoms with Crippen molar-refractivity contribution in [2.45, 2.75) is 32.2 Å². The number of rotatable bonds is 7. The van der Waals surface area contributed by atoms with E-state index in [4.69, 9.17) is 16.3 Å². The fourth-order valence-corrected chi connectivity index (χ4v) is 3.17. The van der Waals surface area contributed by atoms with Crippen LogP contribution in [0.25, 0.3) is 0 Å². The molecule has 1 saturated heterocycles. The number of carbonyl (C=O) groups excluding carboxylic acids is 1. The smallest absolute Gasteiger partial charge is 0.238 e. The molecule has 5 nitrogen and oxygen atoms in total. The average Bonchev–Trinajstić information content (AvgIpc) is 2.55. The molecule has 1 aliphatic rings. The van der Waals surface area contributed by atoms with Gasteiger partial charge in [0.25, 0.3) is 0 Å². The molecule has 1 aliphatic heterocycles. The molecule has 1 aromatic carbocycles. The summed E-state index contributed by atoms with van der Waals surface area (Å²) in [5, 5.41) is 6.87. The van der Waals surface area contributed by atoms with Gasteiger partial charge in [-0.1, -0.05) is 18.5 Å². The zero-order chi connectivity index (χ0) is 16.7. The fraction of sp³-hybridized carbons (Fsp3) is 0.588. The first-order valence-corrected chi connectivity index (χ1v) is 8.60. The van der Waals surface area contributed by atoms with E-state index in [1.54, 1.807) is 25.3 Å². The van der Waals surface area contributed by atoms with Gasteiger partial charge in [0.05, 0.1) is 19.3 Å². The second-order valence-corrected chi connectivity index (χ2v) is 6.28. The van der Waals surface area contributed by atoms with E-state index in [-0.39, 0.29) is 18.3 Å². The first-order valence-electron chi connectivity index (χ1n) is 8.22. The number of nitrogens with zero attached hydrogens (tertiary/aromatic N) is 1. The maximum Gasteiger partial charge on any atom is 0.238 e. The third-order valence-electron chi connectivity index (χ3n) is 4.12. The molecule has 0 bridgehead atoms. The van der Waals surface area contributed by atoms with Gasteiger partial charge in [-0.25, -0.2) is 0 Å². The molecule has 7 heteroatoms. The Bertz CT molecular complexity index is 523. The van der Waals surface area contributed by atoms with Crippen molar-refractivity contribution in [2.75, 3.05) is 38.6 Å². The largest absolute Gasteiger partial charge is 0.495 e. The summed E-state index contributed by atoms with van der Waals surface area (Å²) in [5.41, 5.74) is 0.617. The molecule has 1 aromatic rings. The van der Waals surface area contributed by atoms with Gasteiger partial charge >= 0.3 is 0 Å². The van der Waals surface area contributed by atoms with E-state index in [2.05, 4.69) is 22.5 Å². The van der Waals surface area contributed by atoms with Crippen molar-refractivity contribution in [1.29, 1.82) is 0 Å². The molecular formula is C17H27Cl2N3O2. The molecule has 2 rings (SSSR count). The lowest BCUT2D eigenvalue weighted by Crippen LogP contribution is -2.46. The minimum Gasteiger partial charge on any atom is -0.495 e. The number of nitrogens with one attached hydrogen (secondary N) is 2. The number of benzene rings is 1. The van der Waals surface area contributed by atoms with Crippen LogP contribution in [-0.2, 0) is 4.79 Å². The lowest BCUT2D eigenvalue weighted by Gasteiger charge is -2.34. The van der Waals surface area contributed by atoms with Crippen LogP contribution in [0, 0.1) is 0 Å². The van der Waals surface area contributed by atoms with Gasteiger partial charge in [0.15, 0.2) is 0 Å². The minimum absolute atomic E-state index is 0. The number of ether oxygens (including phenoxy) is 1. The predicted octanol–water partition coefficient (Wildman–Crippen LogP) is 3.17. The average molecular weight is 376 g/mol. The Balaban J connectivity index is 0.00000288. The lowest BCUT2D eigenvalue weighted by molar-refractivity contribution is -0.118. The SMILES string of the molecule is CCCN(CC(=O)Nc1cc(Cl)ccc1OC)C1CCNCC1.Cl. The van der Waals surface area contributed by atoms with E-state index in [1.807, 2.05) is 0 Å². The van der Waals surface area contributed by atoms with Gasteiger partial charge in [0.1, 0.15) is 5.75 Å². The molecule has 0 spiro atoms. The lowest BCUT2D eigenvalue weighted by atomic mass is 10.0. The zero-order valence-electron chi connectivity index (χ0n) is 14.3. The molecule has 0 unspecified atom stereocenters. The molecule has 2 N–H and O–H groups in total. The molecule has 1 fully saturated rings. The molecule has 24 heavy (non-hydrogen) atoms. The summed E-state index contributed by atoms with van der Waals surface area (Å²) < 4.78 is 5.27. The Morgan fingerprint density at radius 3 is 2.75 bits per heavy atom. The number of methoxy groups -OCH3 is 1. The second-order valence-electron chi connectivity index (χ2n) is 5.84. The minimum atomic E-state index is -0.0300. The number of amides is 1. The van der Waals surface area contributed by atoms with Crippen molar-refractivity contribution >= 4 is 35.6 Å². The van der Waals surface area contributed by atoms with Crippen LogP contribution < -0.4 is 15.4 Å². The summed E-state index contributed by atoms with van der Waals surface area (Å²) in [6.07, 6.45) is 3.22. The summed E-state index contributed by atoms with van der Waals surface area (Å²) in [4.78, 5) is 14.7. The van der Waals surface area contributed by atoms with Crippen LogP contribution in [-0.4, -0.2) is 50.1 Å². The van der Waals surface area contributed by atoms with Crippen molar-refractivity contribution in [3.05, 3.63) is 23.2 Å². The summed E-state index contributed by atoms with van der Waals surface area (Å²) in [6.45, 7) is 5.52. The van der Waals surface area contributed by atoms with Gasteiger partial charge in [-0.3, -0.25) is 9.69 Å². The second kappa shape index (κ2) is 10.8. The first kappa shape index (κ1) is 21.0. The number of piperidine rings is 1. The van der Waals surface area contributed by atoms with E-state index >= 15 is 0 Å². The van der Waals surface area contributed by atoms with E-state index in [1.165, 1.54) is 0 Å². The molecule has 0 aromatic heterocycles. The van der Waals surface area contributed by atoms with Crippen molar-refractivity contribution < 1.29 is 9.53 Å². The summed E-state index contributed by atoms with van der Waals surface area (Å²) in [7, 11) is 1.58. The van der Waals surface area contributed by atoms with Crippen LogP contribution in [0.2, 0.25) is 5.02 Å². The van der Waals surface area contributed by atoms with Crippen LogP contribution in [0.1, 0.15) is 26.2 Å². The topological polar surface area (TPSA) is 53.6 Å². The van der Waals surface area contributed by atoms with Gasteiger partial charge < -0.3 is 15.4 Å². The first-order chi connectivity index (χ1) is 11.1. The summed E-state index contributed by atoms with van der Waals surface area (Å²) >= 11 is 6.01. The molecule has 0 aliphatic carbocycles. The number of anilines is 1. The molecule has 136 valence electrons. The third-order valence-corrected chi connectivity index (χ3v) is 4.35. The van der Waals surface area contributed by atoms with Crippen molar-refractivity contribution in [3.63, 3.8) is 0 Å². The van der Waals surface area contributed by atoms with Crippen molar-refractivity contribution in [1.82, 2.24) is 10.2 Å².